The highest BCUT2D eigenvalue weighted by Crippen LogP contribution is 2.43. The number of hydrogen-bond donors (Lipinski definition) is 1. The minimum atomic E-state index is -0.136. The van der Waals surface area contributed by atoms with Gasteiger partial charge in [0.15, 0.2) is 0 Å². The second-order valence-electron chi connectivity index (χ2n) is 4.40. The van der Waals surface area contributed by atoms with Gasteiger partial charge in [-0.05, 0) is 48.2 Å². The first-order valence-electron chi connectivity index (χ1n) is 5.54. The van der Waals surface area contributed by atoms with Gasteiger partial charge in [-0.2, -0.15) is 0 Å². The van der Waals surface area contributed by atoms with Gasteiger partial charge in [-0.25, -0.2) is 0 Å². The van der Waals surface area contributed by atoms with Crippen LogP contribution in [0.3, 0.4) is 0 Å². The molecule has 84 valence electrons. The second-order valence-corrected chi connectivity index (χ2v) is 6.62. The molecule has 2 atom stereocenters. The third-order valence-corrected chi connectivity index (χ3v) is 5.65. The Labute approximate surface area is 104 Å². The highest BCUT2D eigenvalue weighted by molar-refractivity contribution is 9.10. The predicted octanol–water partition coefficient (Wildman–Crippen LogP) is 4.15. The van der Waals surface area contributed by atoms with E-state index in [0.717, 1.165) is 12.8 Å². The van der Waals surface area contributed by atoms with Crippen molar-refractivity contribution in [2.75, 3.05) is 0 Å². The van der Waals surface area contributed by atoms with E-state index in [2.05, 4.69) is 29.8 Å². The average Bonchev–Trinajstić information content (AvgIpc) is 2.43. The van der Waals surface area contributed by atoms with Gasteiger partial charge >= 0.3 is 0 Å². The van der Waals surface area contributed by atoms with Gasteiger partial charge in [0.1, 0.15) is 0 Å². The number of hydrogen-bond acceptors (Lipinski definition) is 2. The number of rotatable bonds is 1. The molecule has 1 aliphatic carbocycles. The molecule has 15 heavy (non-hydrogen) atoms. The van der Waals surface area contributed by atoms with Crippen LogP contribution in [0, 0.1) is 13.8 Å². The minimum absolute atomic E-state index is 0.136. The number of thiophene rings is 1. The molecular weight excluding hydrogens is 272 g/mol. The van der Waals surface area contributed by atoms with Crippen LogP contribution in [-0.4, -0.2) is 11.2 Å². The fourth-order valence-electron chi connectivity index (χ4n) is 2.55. The molecule has 0 radical (unpaired) electrons. The summed E-state index contributed by atoms with van der Waals surface area (Å²) in [4.78, 5) is 2.70. The highest BCUT2D eigenvalue weighted by Gasteiger charge is 2.28. The molecule has 2 unspecified atom stereocenters. The maximum Gasteiger partial charge on any atom is 0.0609 e. The molecule has 1 saturated carbocycles. The van der Waals surface area contributed by atoms with Gasteiger partial charge in [0.25, 0.3) is 0 Å². The second kappa shape index (κ2) is 4.56. The third-order valence-electron chi connectivity index (χ3n) is 3.33. The van der Waals surface area contributed by atoms with Gasteiger partial charge in [-0.3, -0.25) is 0 Å². The summed E-state index contributed by atoms with van der Waals surface area (Å²) in [7, 11) is 0. The van der Waals surface area contributed by atoms with Gasteiger partial charge in [-0.15, -0.1) is 11.3 Å². The van der Waals surface area contributed by atoms with Gasteiger partial charge in [0, 0.05) is 20.1 Å². The zero-order valence-electron chi connectivity index (χ0n) is 9.22. The normalized spacial score (nSPS) is 26.9. The van der Waals surface area contributed by atoms with Crippen molar-refractivity contribution in [3.63, 3.8) is 0 Å². The van der Waals surface area contributed by atoms with E-state index in [1.54, 1.807) is 0 Å². The Morgan fingerprint density at radius 3 is 2.40 bits per heavy atom. The topological polar surface area (TPSA) is 20.2 Å². The van der Waals surface area contributed by atoms with Crippen molar-refractivity contribution >= 4 is 27.3 Å². The van der Waals surface area contributed by atoms with Gasteiger partial charge in [0.2, 0.25) is 0 Å². The van der Waals surface area contributed by atoms with E-state index in [4.69, 9.17) is 0 Å². The Hall–Kier alpha value is 0.140. The lowest BCUT2D eigenvalue weighted by molar-refractivity contribution is 0.106. The number of aliphatic hydroxyl groups excluding tert-OH is 1. The van der Waals surface area contributed by atoms with E-state index in [0.29, 0.717) is 5.92 Å². The van der Waals surface area contributed by atoms with E-state index < -0.39 is 0 Å². The summed E-state index contributed by atoms with van der Waals surface area (Å²) in [6.45, 7) is 4.31. The van der Waals surface area contributed by atoms with Crippen LogP contribution >= 0.6 is 27.3 Å². The molecule has 1 aromatic heterocycles. The smallest absolute Gasteiger partial charge is 0.0609 e. The van der Waals surface area contributed by atoms with Crippen LogP contribution in [0.2, 0.25) is 0 Å². The van der Waals surface area contributed by atoms with Crippen molar-refractivity contribution in [3.8, 4) is 0 Å². The van der Waals surface area contributed by atoms with Crippen molar-refractivity contribution < 1.29 is 5.11 Å². The van der Waals surface area contributed by atoms with Crippen molar-refractivity contribution in [1.29, 1.82) is 0 Å². The monoisotopic (exact) mass is 288 g/mol. The van der Waals surface area contributed by atoms with Crippen LogP contribution in [0.4, 0.5) is 0 Å². The van der Waals surface area contributed by atoms with Crippen molar-refractivity contribution in [2.24, 2.45) is 0 Å². The summed E-state index contributed by atoms with van der Waals surface area (Å²) < 4.78 is 1.23. The Kier molecular flexibility index (Phi) is 3.53. The lowest BCUT2D eigenvalue weighted by Crippen LogP contribution is -2.22. The average molecular weight is 289 g/mol. The molecule has 0 aromatic carbocycles. The summed E-state index contributed by atoms with van der Waals surface area (Å²) >= 11 is 5.50. The predicted molar refractivity (Wildman–Crippen MR) is 68.7 cm³/mol. The fraction of sp³-hybridized carbons (Fsp3) is 0.667. The maximum atomic E-state index is 10.1. The molecule has 0 saturated heterocycles. The summed E-state index contributed by atoms with van der Waals surface area (Å²) in [6, 6.07) is 0. The van der Waals surface area contributed by atoms with Crippen LogP contribution in [0.5, 0.6) is 0 Å². The van der Waals surface area contributed by atoms with E-state index in [1.807, 2.05) is 11.3 Å². The molecule has 1 aliphatic rings. The molecule has 1 N–H and O–H groups in total. The standard InChI is InChI=1S/C12H17BrOS/c1-7-11(12(13)8(2)15-7)9-5-3-4-6-10(9)14/h9-10,14H,3-6H2,1-2H3. The largest absolute Gasteiger partial charge is 0.392 e. The summed E-state index contributed by atoms with van der Waals surface area (Å²) in [5, 5.41) is 10.1. The van der Waals surface area contributed by atoms with E-state index in [9.17, 15) is 5.11 Å². The van der Waals surface area contributed by atoms with Gasteiger partial charge < -0.3 is 5.11 Å². The minimum Gasteiger partial charge on any atom is -0.392 e. The number of halogens is 1. The summed E-state index contributed by atoms with van der Waals surface area (Å²) in [5.41, 5.74) is 1.37. The Morgan fingerprint density at radius 2 is 1.87 bits per heavy atom. The molecular formula is C12H17BrOS. The van der Waals surface area contributed by atoms with Gasteiger partial charge in [-0.1, -0.05) is 12.8 Å². The molecule has 0 aliphatic heterocycles. The Bertz CT molecular complexity index is 359. The first-order valence-corrected chi connectivity index (χ1v) is 7.15. The molecule has 0 amide bonds. The van der Waals surface area contributed by atoms with Crippen LogP contribution in [0.25, 0.3) is 0 Å². The Morgan fingerprint density at radius 1 is 1.20 bits per heavy atom. The van der Waals surface area contributed by atoms with Crippen LogP contribution in [0.1, 0.15) is 46.9 Å². The van der Waals surface area contributed by atoms with Crippen LogP contribution in [0.15, 0.2) is 4.47 Å². The first-order chi connectivity index (χ1) is 7.11. The maximum absolute atomic E-state index is 10.1. The highest BCUT2D eigenvalue weighted by atomic mass is 79.9. The zero-order chi connectivity index (χ0) is 11.0. The number of aryl methyl sites for hydroxylation is 2. The SMILES string of the molecule is Cc1sc(C)c(C2CCCCC2O)c1Br. The van der Waals surface area contributed by atoms with Crippen LogP contribution < -0.4 is 0 Å². The number of aliphatic hydroxyl groups is 1. The van der Waals surface area contributed by atoms with Crippen molar-refractivity contribution in [1.82, 2.24) is 0 Å². The van der Waals surface area contributed by atoms with E-state index in [1.165, 1.54) is 32.6 Å². The van der Waals surface area contributed by atoms with Crippen molar-refractivity contribution in [2.45, 2.75) is 51.6 Å². The first kappa shape index (κ1) is 11.6. The Balaban J connectivity index is 2.35. The van der Waals surface area contributed by atoms with Crippen molar-refractivity contribution in [3.05, 3.63) is 19.8 Å². The lowest BCUT2D eigenvalue weighted by atomic mass is 9.82. The molecule has 0 spiro atoms. The van der Waals surface area contributed by atoms with Gasteiger partial charge in [0.05, 0.1) is 6.10 Å². The zero-order valence-corrected chi connectivity index (χ0v) is 11.6. The quantitative estimate of drug-likeness (QED) is 0.823. The summed E-state index contributed by atoms with van der Waals surface area (Å²) in [6.07, 6.45) is 4.39. The molecule has 1 fully saturated rings. The molecule has 1 heterocycles. The summed E-state index contributed by atoms with van der Waals surface area (Å²) in [5.74, 6) is 0.359. The molecule has 0 bridgehead atoms. The third kappa shape index (κ3) is 2.15. The lowest BCUT2D eigenvalue weighted by Gasteiger charge is -2.28. The molecule has 2 rings (SSSR count). The van der Waals surface area contributed by atoms with E-state index in [-0.39, 0.29) is 6.10 Å². The molecule has 1 aromatic rings. The fourth-order valence-corrected chi connectivity index (χ4v) is 4.53. The molecule has 1 nitrogen and oxygen atoms in total. The molecule has 3 heteroatoms. The van der Waals surface area contributed by atoms with E-state index >= 15 is 0 Å². The van der Waals surface area contributed by atoms with Crippen LogP contribution in [-0.2, 0) is 0 Å².